The average Bonchev–Trinajstić information content (AvgIpc) is 2.88. The molecule has 0 aliphatic carbocycles. The van der Waals surface area contributed by atoms with Gasteiger partial charge in [-0.2, -0.15) is 5.10 Å². The predicted molar refractivity (Wildman–Crippen MR) is 70.0 cm³/mol. The van der Waals surface area contributed by atoms with E-state index in [1.165, 1.54) is 0 Å². The van der Waals surface area contributed by atoms with E-state index in [1.807, 2.05) is 24.1 Å². The van der Waals surface area contributed by atoms with Gasteiger partial charge in [0.05, 0.1) is 6.54 Å². The number of anilines is 2. The zero-order valence-electron chi connectivity index (χ0n) is 10.3. The molecule has 0 radical (unpaired) electrons. The van der Waals surface area contributed by atoms with Gasteiger partial charge in [0.1, 0.15) is 11.5 Å². The third kappa shape index (κ3) is 2.65. The van der Waals surface area contributed by atoms with Crippen molar-refractivity contribution < 1.29 is 4.79 Å². The Bertz CT molecular complexity index is 522. The highest BCUT2D eigenvalue weighted by Crippen LogP contribution is 2.11. The fraction of sp³-hybridized carbons (Fsp3) is 0.250. The van der Waals surface area contributed by atoms with Crippen molar-refractivity contribution in [3.05, 3.63) is 36.3 Å². The molecular weight excluding hydrogens is 230 g/mol. The molecule has 2 heterocycles. The van der Waals surface area contributed by atoms with Crippen molar-refractivity contribution >= 4 is 17.3 Å². The standard InChI is InChI=1S/C12H15N5O/c1-13-12-7-10(15-16-12)11(18)8-17(2)9-3-5-14-6-4-9/h3-7H,8H2,1-2H3,(H2,13,15,16). The maximum atomic E-state index is 12.0. The van der Waals surface area contributed by atoms with Gasteiger partial charge in [0.25, 0.3) is 0 Å². The second-order valence-corrected chi connectivity index (χ2v) is 3.90. The average molecular weight is 245 g/mol. The molecule has 0 spiro atoms. The summed E-state index contributed by atoms with van der Waals surface area (Å²) in [6, 6.07) is 5.42. The molecule has 0 unspecified atom stereocenters. The van der Waals surface area contributed by atoms with Gasteiger partial charge in [-0.25, -0.2) is 0 Å². The topological polar surface area (TPSA) is 73.9 Å². The lowest BCUT2D eigenvalue weighted by Gasteiger charge is -2.17. The van der Waals surface area contributed by atoms with Crippen molar-refractivity contribution in [3.8, 4) is 0 Å². The number of rotatable bonds is 5. The molecular formula is C12H15N5O. The summed E-state index contributed by atoms with van der Waals surface area (Å²) in [5.74, 6) is 0.647. The number of carbonyl (C=O) groups is 1. The van der Waals surface area contributed by atoms with Crippen LogP contribution in [-0.4, -0.2) is 41.6 Å². The smallest absolute Gasteiger partial charge is 0.199 e. The third-order valence-electron chi connectivity index (χ3n) is 2.62. The molecule has 0 aliphatic rings. The number of H-pyrrole nitrogens is 1. The van der Waals surface area contributed by atoms with Crippen LogP contribution in [-0.2, 0) is 0 Å². The van der Waals surface area contributed by atoms with Crippen LogP contribution in [0.25, 0.3) is 0 Å². The zero-order valence-corrected chi connectivity index (χ0v) is 10.3. The van der Waals surface area contributed by atoms with E-state index in [1.54, 1.807) is 25.5 Å². The lowest BCUT2D eigenvalue weighted by molar-refractivity contribution is 0.0995. The maximum absolute atomic E-state index is 12.0. The van der Waals surface area contributed by atoms with Gasteiger partial charge in [0.2, 0.25) is 0 Å². The lowest BCUT2D eigenvalue weighted by Crippen LogP contribution is -2.25. The fourth-order valence-corrected chi connectivity index (χ4v) is 1.58. The Morgan fingerprint density at radius 3 is 2.78 bits per heavy atom. The van der Waals surface area contributed by atoms with Gasteiger partial charge in [-0.3, -0.25) is 14.9 Å². The molecule has 18 heavy (non-hydrogen) atoms. The van der Waals surface area contributed by atoms with Gasteiger partial charge in [0, 0.05) is 38.2 Å². The van der Waals surface area contributed by atoms with E-state index in [-0.39, 0.29) is 12.3 Å². The van der Waals surface area contributed by atoms with Crippen molar-refractivity contribution in [1.82, 2.24) is 15.2 Å². The highest BCUT2D eigenvalue weighted by atomic mass is 16.1. The number of pyridine rings is 1. The molecule has 0 saturated carbocycles. The van der Waals surface area contributed by atoms with Crippen molar-refractivity contribution in [2.24, 2.45) is 0 Å². The first kappa shape index (κ1) is 12.1. The van der Waals surface area contributed by atoms with Crippen molar-refractivity contribution in [3.63, 3.8) is 0 Å². The third-order valence-corrected chi connectivity index (χ3v) is 2.62. The quantitative estimate of drug-likeness (QED) is 0.773. The van der Waals surface area contributed by atoms with Gasteiger partial charge < -0.3 is 10.2 Å². The number of hydrogen-bond donors (Lipinski definition) is 2. The van der Waals surface area contributed by atoms with E-state index in [2.05, 4.69) is 20.5 Å². The van der Waals surface area contributed by atoms with Gasteiger partial charge in [-0.15, -0.1) is 0 Å². The summed E-state index contributed by atoms with van der Waals surface area (Å²) >= 11 is 0. The summed E-state index contributed by atoms with van der Waals surface area (Å²) in [6.45, 7) is 0.287. The molecule has 0 saturated heterocycles. The van der Waals surface area contributed by atoms with Gasteiger partial charge in [0.15, 0.2) is 5.78 Å². The van der Waals surface area contributed by atoms with Gasteiger partial charge in [-0.1, -0.05) is 0 Å². The first-order valence-corrected chi connectivity index (χ1v) is 5.58. The molecule has 6 heteroatoms. The zero-order chi connectivity index (χ0) is 13.0. The fourth-order valence-electron chi connectivity index (χ4n) is 1.58. The van der Waals surface area contributed by atoms with Crippen molar-refractivity contribution in [1.29, 1.82) is 0 Å². The van der Waals surface area contributed by atoms with Crippen molar-refractivity contribution in [2.75, 3.05) is 30.9 Å². The first-order valence-electron chi connectivity index (χ1n) is 5.58. The minimum atomic E-state index is -0.0108. The van der Waals surface area contributed by atoms with E-state index < -0.39 is 0 Å². The monoisotopic (exact) mass is 245 g/mol. The minimum absolute atomic E-state index is 0.0108. The number of Topliss-reactive ketones (excluding diaryl/α,β-unsaturated/α-hetero) is 1. The normalized spacial score (nSPS) is 10.1. The van der Waals surface area contributed by atoms with Crippen LogP contribution in [0.5, 0.6) is 0 Å². The molecule has 0 amide bonds. The Kier molecular flexibility index (Phi) is 3.57. The number of ketones is 1. The first-order chi connectivity index (χ1) is 8.70. The molecule has 0 aromatic carbocycles. The number of aromatic nitrogens is 3. The van der Waals surface area contributed by atoms with Crippen LogP contribution < -0.4 is 10.2 Å². The number of aromatic amines is 1. The Hall–Kier alpha value is -2.37. The van der Waals surface area contributed by atoms with Crippen LogP contribution in [0.4, 0.5) is 11.5 Å². The number of nitrogens with one attached hydrogen (secondary N) is 2. The van der Waals surface area contributed by atoms with Crippen molar-refractivity contribution in [2.45, 2.75) is 0 Å². The summed E-state index contributed by atoms with van der Waals surface area (Å²) in [6.07, 6.45) is 3.40. The molecule has 2 aromatic heterocycles. The highest BCUT2D eigenvalue weighted by Gasteiger charge is 2.12. The highest BCUT2D eigenvalue weighted by molar-refractivity contribution is 5.98. The van der Waals surface area contributed by atoms with E-state index in [0.29, 0.717) is 11.5 Å². The molecule has 94 valence electrons. The summed E-state index contributed by atoms with van der Waals surface area (Å²) in [4.78, 5) is 17.8. The summed E-state index contributed by atoms with van der Waals surface area (Å²) in [5, 5.41) is 9.53. The number of carbonyl (C=O) groups excluding carboxylic acids is 1. The largest absolute Gasteiger partial charge is 0.372 e. The Morgan fingerprint density at radius 2 is 2.17 bits per heavy atom. The molecule has 0 bridgehead atoms. The Morgan fingerprint density at radius 1 is 1.44 bits per heavy atom. The molecule has 0 atom stereocenters. The van der Waals surface area contributed by atoms with E-state index in [0.717, 1.165) is 5.69 Å². The molecule has 0 fully saturated rings. The summed E-state index contributed by atoms with van der Waals surface area (Å²) in [5.41, 5.74) is 1.45. The van der Waals surface area contributed by atoms with Gasteiger partial charge in [-0.05, 0) is 12.1 Å². The molecule has 2 rings (SSSR count). The second-order valence-electron chi connectivity index (χ2n) is 3.90. The molecule has 2 N–H and O–H groups in total. The predicted octanol–water partition coefficient (Wildman–Crippen LogP) is 1.17. The molecule has 0 aliphatic heterocycles. The Balaban J connectivity index is 2.03. The second kappa shape index (κ2) is 5.31. The van der Waals surface area contributed by atoms with Crippen LogP contribution in [0.3, 0.4) is 0 Å². The number of nitrogens with zero attached hydrogens (tertiary/aromatic N) is 3. The van der Waals surface area contributed by atoms with Crippen LogP contribution >= 0.6 is 0 Å². The minimum Gasteiger partial charge on any atom is -0.372 e. The van der Waals surface area contributed by atoms with Gasteiger partial charge >= 0.3 is 0 Å². The van der Waals surface area contributed by atoms with Crippen LogP contribution in [0.15, 0.2) is 30.6 Å². The van der Waals surface area contributed by atoms with Crippen LogP contribution in [0, 0.1) is 0 Å². The van der Waals surface area contributed by atoms with E-state index in [4.69, 9.17) is 0 Å². The Labute approximate surface area is 105 Å². The van der Waals surface area contributed by atoms with E-state index >= 15 is 0 Å². The van der Waals surface area contributed by atoms with Crippen LogP contribution in [0.1, 0.15) is 10.5 Å². The van der Waals surface area contributed by atoms with E-state index in [9.17, 15) is 4.79 Å². The lowest BCUT2D eigenvalue weighted by atomic mass is 10.2. The summed E-state index contributed by atoms with van der Waals surface area (Å²) in [7, 11) is 3.62. The molecule has 6 nitrogen and oxygen atoms in total. The maximum Gasteiger partial charge on any atom is 0.199 e. The summed E-state index contributed by atoms with van der Waals surface area (Å²) < 4.78 is 0. The number of hydrogen-bond acceptors (Lipinski definition) is 5. The molecule has 2 aromatic rings. The van der Waals surface area contributed by atoms with Crippen LogP contribution in [0.2, 0.25) is 0 Å². The number of likely N-dealkylation sites (N-methyl/N-ethyl adjacent to an activating group) is 1. The SMILES string of the molecule is CNc1cc(C(=O)CN(C)c2ccncc2)[nH]n1.